The third kappa shape index (κ3) is 7.19. The Labute approximate surface area is 121 Å². The molecule has 0 aliphatic heterocycles. The highest BCUT2D eigenvalue weighted by molar-refractivity contribution is 8.00. The van der Waals surface area contributed by atoms with Crippen molar-refractivity contribution in [3.63, 3.8) is 0 Å². The molecule has 0 spiro atoms. The lowest BCUT2D eigenvalue weighted by Crippen LogP contribution is -2.44. The summed E-state index contributed by atoms with van der Waals surface area (Å²) < 4.78 is 22.0. The van der Waals surface area contributed by atoms with Crippen molar-refractivity contribution >= 4 is 21.6 Å². The quantitative estimate of drug-likeness (QED) is 0.625. The molecule has 0 aromatic rings. The molecule has 110 valence electrons. The zero-order valence-electron chi connectivity index (χ0n) is 11.8. The average Bonchev–Trinajstić information content (AvgIpc) is 3.14. The van der Waals surface area contributed by atoms with Crippen molar-refractivity contribution < 1.29 is 8.42 Å². The summed E-state index contributed by atoms with van der Waals surface area (Å²) in [6, 6.07) is 2.97. The maximum Gasteiger partial charge on any atom is 0.148 e. The van der Waals surface area contributed by atoms with E-state index in [9.17, 15) is 13.7 Å². The smallest absolute Gasteiger partial charge is 0.148 e. The van der Waals surface area contributed by atoms with Crippen LogP contribution in [0.15, 0.2) is 0 Å². The molecule has 0 aromatic heterocycles. The zero-order chi connectivity index (χ0) is 14.4. The number of rotatable bonds is 10. The molecule has 0 heterocycles. The van der Waals surface area contributed by atoms with Gasteiger partial charge in [-0.1, -0.05) is 6.92 Å². The Kier molecular flexibility index (Phi) is 6.64. The second kappa shape index (κ2) is 7.51. The van der Waals surface area contributed by atoms with Gasteiger partial charge in [-0.15, -0.1) is 0 Å². The normalized spacial score (nSPS) is 18.8. The maximum absolute atomic E-state index is 11.0. The maximum atomic E-state index is 11.0. The van der Waals surface area contributed by atoms with Gasteiger partial charge in [0.2, 0.25) is 0 Å². The van der Waals surface area contributed by atoms with Crippen molar-refractivity contribution in [3.05, 3.63) is 0 Å². The van der Waals surface area contributed by atoms with Gasteiger partial charge in [-0.25, -0.2) is 8.42 Å². The molecular formula is C13H24N2O2S2. The van der Waals surface area contributed by atoms with Crippen LogP contribution < -0.4 is 5.32 Å². The molecule has 1 fully saturated rings. The lowest BCUT2D eigenvalue weighted by molar-refractivity contribution is 0.367. The molecule has 1 unspecified atom stereocenters. The first kappa shape index (κ1) is 16.8. The molecule has 0 radical (unpaired) electrons. The van der Waals surface area contributed by atoms with Gasteiger partial charge < -0.3 is 0 Å². The second-order valence-electron chi connectivity index (χ2n) is 5.31. The van der Waals surface area contributed by atoms with Crippen LogP contribution in [0.4, 0.5) is 0 Å². The molecule has 1 rings (SSSR count). The number of hydrogen-bond acceptors (Lipinski definition) is 5. The van der Waals surface area contributed by atoms with E-state index in [0.717, 1.165) is 25.0 Å². The number of hydrogen-bond donors (Lipinski definition) is 1. The first-order valence-corrected chi connectivity index (χ1v) is 10.1. The predicted octanol–water partition coefficient (Wildman–Crippen LogP) is 1.97. The monoisotopic (exact) mass is 304 g/mol. The highest BCUT2D eigenvalue weighted by Gasteiger charge is 2.34. The summed E-state index contributed by atoms with van der Waals surface area (Å²) in [5.74, 6) is 1.82. The molecule has 0 bridgehead atoms. The van der Waals surface area contributed by atoms with Crippen molar-refractivity contribution in [2.45, 2.75) is 50.6 Å². The van der Waals surface area contributed by atoms with Crippen LogP contribution in [0, 0.1) is 11.3 Å². The minimum atomic E-state index is -2.84. The van der Waals surface area contributed by atoms with E-state index in [1.54, 1.807) is 11.8 Å². The van der Waals surface area contributed by atoms with E-state index in [0.29, 0.717) is 11.8 Å². The van der Waals surface area contributed by atoms with Gasteiger partial charge in [0.25, 0.3) is 0 Å². The molecule has 6 heteroatoms. The van der Waals surface area contributed by atoms with E-state index >= 15 is 0 Å². The van der Waals surface area contributed by atoms with Gasteiger partial charge in [0, 0.05) is 18.1 Å². The topological polar surface area (TPSA) is 70.0 Å². The fraction of sp³-hybridized carbons (Fsp3) is 0.923. The van der Waals surface area contributed by atoms with Crippen LogP contribution >= 0.6 is 11.8 Å². The zero-order valence-corrected chi connectivity index (χ0v) is 13.4. The van der Waals surface area contributed by atoms with Gasteiger partial charge in [-0.3, -0.25) is 5.32 Å². The summed E-state index contributed by atoms with van der Waals surface area (Å²) in [6.45, 7) is 2.05. The van der Waals surface area contributed by atoms with Crippen molar-refractivity contribution in [1.29, 1.82) is 5.26 Å². The van der Waals surface area contributed by atoms with Crippen LogP contribution in [0.2, 0.25) is 0 Å². The molecule has 1 aliphatic carbocycles. The molecule has 1 aliphatic rings. The number of nitrogens with zero attached hydrogens (tertiary/aromatic N) is 1. The van der Waals surface area contributed by atoms with Crippen molar-refractivity contribution in [2.75, 3.05) is 23.5 Å². The number of thioether (sulfide) groups is 1. The molecule has 4 nitrogen and oxygen atoms in total. The van der Waals surface area contributed by atoms with Gasteiger partial charge >= 0.3 is 0 Å². The third-order valence-corrected chi connectivity index (χ3v) is 5.64. The van der Waals surface area contributed by atoms with Crippen LogP contribution in [0.25, 0.3) is 0 Å². The summed E-state index contributed by atoms with van der Waals surface area (Å²) in [7, 11) is -2.84. The Morgan fingerprint density at radius 1 is 1.42 bits per heavy atom. The first-order valence-electron chi connectivity index (χ1n) is 6.85. The molecule has 1 atom stereocenters. The molecular weight excluding hydrogens is 280 g/mol. The third-order valence-electron chi connectivity index (χ3n) is 3.37. The molecule has 0 saturated heterocycles. The first-order chi connectivity index (χ1) is 8.91. The number of nitriles is 1. The van der Waals surface area contributed by atoms with Crippen molar-refractivity contribution in [3.8, 4) is 6.07 Å². The summed E-state index contributed by atoms with van der Waals surface area (Å²) in [5, 5.41) is 12.8. The van der Waals surface area contributed by atoms with Crippen LogP contribution in [-0.4, -0.2) is 43.5 Å². The van der Waals surface area contributed by atoms with E-state index in [2.05, 4.69) is 18.3 Å². The fourth-order valence-electron chi connectivity index (χ4n) is 1.93. The Morgan fingerprint density at radius 2 is 2.11 bits per heavy atom. The van der Waals surface area contributed by atoms with Gasteiger partial charge in [0.05, 0.1) is 11.8 Å². The Morgan fingerprint density at radius 3 is 2.58 bits per heavy atom. The predicted molar refractivity (Wildman–Crippen MR) is 81.1 cm³/mol. The lowest BCUT2D eigenvalue weighted by atomic mass is 9.92. The minimum absolute atomic E-state index is 0.245. The minimum Gasteiger partial charge on any atom is -0.297 e. The Balaban J connectivity index is 2.19. The molecule has 1 N–H and O–H groups in total. The van der Waals surface area contributed by atoms with Crippen LogP contribution in [0.1, 0.15) is 39.0 Å². The summed E-state index contributed by atoms with van der Waals surface area (Å²) in [5.41, 5.74) is -0.376. The van der Waals surface area contributed by atoms with Crippen LogP contribution in [0.5, 0.6) is 0 Å². The fourth-order valence-corrected chi connectivity index (χ4v) is 4.16. The van der Waals surface area contributed by atoms with Crippen LogP contribution in [-0.2, 0) is 9.84 Å². The largest absolute Gasteiger partial charge is 0.297 e. The van der Waals surface area contributed by atoms with Gasteiger partial charge in [0.1, 0.15) is 15.4 Å². The Bertz CT molecular complexity index is 413. The number of nitrogens with one attached hydrogen (secondary N) is 1. The standard InChI is InChI=1S/C13H24N2O2S2/c1-3-13(11-14,15-12-5-6-12)7-4-8-18-9-10-19(2,16)17/h12,15H,3-10H2,1-2H3. The van der Waals surface area contributed by atoms with E-state index in [1.807, 2.05) is 0 Å². The molecule has 19 heavy (non-hydrogen) atoms. The van der Waals surface area contributed by atoms with Gasteiger partial charge in [-0.05, 0) is 37.9 Å². The Hall–Kier alpha value is -0.250. The van der Waals surface area contributed by atoms with Gasteiger partial charge in [0.15, 0.2) is 0 Å². The van der Waals surface area contributed by atoms with Gasteiger partial charge in [-0.2, -0.15) is 17.0 Å². The second-order valence-corrected chi connectivity index (χ2v) is 8.80. The molecule has 0 amide bonds. The van der Waals surface area contributed by atoms with Crippen LogP contribution in [0.3, 0.4) is 0 Å². The summed E-state index contributed by atoms with van der Waals surface area (Å²) in [6.07, 6.45) is 6.27. The lowest BCUT2D eigenvalue weighted by Gasteiger charge is -2.26. The van der Waals surface area contributed by atoms with E-state index in [1.165, 1.54) is 19.1 Å². The molecule has 1 saturated carbocycles. The van der Waals surface area contributed by atoms with E-state index in [4.69, 9.17) is 0 Å². The summed E-state index contributed by atoms with van der Waals surface area (Å²) >= 11 is 1.66. The highest BCUT2D eigenvalue weighted by atomic mass is 32.2. The van der Waals surface area contributed by atoms with E-state index in [-0.39, 0.29) is 11.3 Å². The van der Waals surface area contributed by atoms with Crippen molar-refractivity contribution in [2.24, 2.45) is 0 Å². The highest BCUT2D eigenvalue weighted by Crippen LogP contribution is 2.27. The average molecular weight is 304 g/mol. The molecule has 0 aromatic carbocycles. The summed E-state index contributed by atoms with van der Waals surface area (Å²) in [4.78, 5) is 0. The SMILES string of the molecule is CCC(C#N)(CCCSCCS(C)(=O)=O)NC1CC1. The van der Waals surface area contributed by atoms with Crippen molar-refractivity contribution in [1.82, 2.24) is 5.32 Å². The van der Waals surface area contributed by atoms with E-state index < -0.39 is 9.84 Å². The number of sulfone groups is 1.